The molecule has 4 aromatic rings. The van der Waals surface area contributed by atoms with E-state index in [1.807, 2.05) is 12.1 Å². The number of aliphatic hydroxyl groups excluding tert-OH is 1. The second kappa shape index (κ2) is 7.28. The summed E-state index contributed by atoms with van der Waals surface area (Å²) in [7, 11) is 0. The Morgan fingerprint density at radius 3 is 1.59 bits per heavy atom. The van der Waals surface area contributed by atoms with Crippen LogP contribution in [0.5, 0.6) is 0 Å². The first kappa shape index (κ1) is 21.3. The summed E-state index contributed by atoms with van der Waals surface area (Å²) in [6, 6.07) is 18.1. The molecule has 2 aliphatic heterocycles. The van der Waals surface area contributed by atoms with Gasteiger partial charge in [-0.25, -0.2) is 4.90 Å². The van der Waals surface area contributed by atoms with Gasteiger partial charge in [0.25, 0.3) is 23.6 Å². The highest BCUT2D eigenvalue weighted by molar-refractivity contribution is 6.39. The molecule has 3 aliphatic rings. The van der Waals surface area contributed by atoms with Gasteiger partial charge < -0.3 is 5.11 Å². The molecule has 0 atom stereocenters. The number of aliphatic hydroxyl groups is 1. The molecule has 2 heterocycles. The molecule has 178 valence electrons. The summed E-state index contributed by atoms with van der Waals surface area (Å²) in [4.78, 5) is 68.4. The monoisotopic (exact) mass is 488 g/mol. The maximum atomic E-state index is 13.7. The van der Waals surface area contributed by atoms with Gasteiger partial charge in [0.1, 0.15) is 0 Å². The highest BCUT2D eigenvalue weighted by Gasteiger charge is 2.40. The number of anilines is 1. The summed E-state index contributed by atoms with van der Waals surface area (Å²) < 4.78 is 0. The van der Waals surface area contributed by atoms with Gasteiger partial charge in [-0.2, -0.15) is 0 Å². The molecule has 0 aromatic heterocycles. The zero-order valence-corrected chi connectivity index (χ0v) is 19.1. The van der Waals surface area contributed by atoms with E-state index in [1.54, 1.807) is 30.3 Å². The Hall–Kier alpha value is -4.95. The van der Waals surface area contributed by atoms with Crippen LogP contribution in [0.15, 0.2) is 66.7 Å². The first-order valence-electron chi connectivity index (χ1n) is 11.7. The Kier molecular flexibility index (Phi) is 4.20. The number of nitrogens with zero attached hydrogens (tertiary/aromatic N) is 2. The van der Waals surface area contributed by atoms with Gasteiger partial charge in [0.2, 0.25) is 0 Å². The average molecular weight is 488 g/mol. The summed E-state index contributed by atoms with van der Waals surface area (Å²) in [5, 5.41) is 9.83. The normalized spacial score (nSPS) is 15.5. The smallest absolute Gasteiger partial charge is 0.265 e. The fraction of sp³-hybridized carbons (Fsp3) is 0.0690. The number of hydrogen-bond donors (Lipinski definition) is 1. The molecular formula is C29H16N2O6. The SMILES string of the molecule is O=C1c2ccccc2-c2ccc(N3C(=O)c4ccc5c6c(ccc(c46)C3=O)C(=O)N(CCO)C5=O)cc21. The van der Waals surface area contributed by atoms with Crippen molar-refractivity contribution in [2.45, 2.75) is 0 Å². The lowest BCUT2D eigenvalue weighted by molar-refractivity contribution is 0.0579. The van der Waals surface area contributed by atoms with E-state index in [-0.39, 0.29) is 57.6 Å². The van der Waals surface area contributed by atoms with E-state index in [0.29, 0.717) is 11.1 Å². The average Bonchev–Trinajstić information content (AvgIpc) is 3.20. The predicted octanol–water partition coefficient (Wildman–Crippen LogP) is 3.44. The van der Waals surface area contributed by atoms with Gasteiger partial charge in [0.15, 0.2) is 5.78 Å². The topological polar surface area (TPSA) is 112 Å². The van der Waals surface area contributed by atoms with Crippen LogP contribution in [0.1, 0.15) is 57.4 Å². The quantitative estimate of drug-likeness (QED) is 0.390. The van der Waals surface area contributed by atoms with Crippen molar-refractivity contribution in [1.82, 2.24) is 4.90 Å². The molecule has 0 unspecified atom stereocenters. The Bertz CT molecular complexity index is 1730. The van der Waals surface area contributed by atoms with Crippen LogP contribution in [0.4, 0.5) is 5.69 Å². The van der Waals surface area contributed by atoms with Gasteiger partial charge in [-0.15, -0.1) is 0 Å². The number of carbonyl (C=O) groups is 5. The fourth-order valence-electron chi connectivity index (χ4n) is 5.62. The van der Waals surface area contributed by atoms with Gasteiger partial charge in [0.05, 0.1) is 18.8 Å². The lowest BCUT2D eigenvalue weighted by Crippen LogP contribution is -2.44. The maximum absolute atomic E-state index is 13.7. The van der Waals surface area contributed by atoms with Gasteiger partial charge in [-0.1, -0.05) is 30.3 Å². The van der Waals surface area contributed by atoms with Crippen molar-refractivity contribution in [2.75, 3.05) is 18.1 Å². The first-order valence-corrected chi connectivity index (χ1v) is 11.7. The van der Waals surface area contributed by atoms with Crippen LogP contribution < -0.4 is 4.90 Å². The van der Waals surface area contributed by atoms with E-state index >= 15 is 0 Å². The zero-order valence-electron chi connectivity index (χ0n) is 19.1. The van der Waals surface area contributed by atoms with Crippen LogP contribution in [0, 0.1) is 0 Å². The van der Waals surface area contributed by atoms with E-state index in [4.69, 9.17) is 0 Å². The number of amides is 4. The van der Waals surface area contributed by atoms with Crippen LogP contribution >= 0.6 is 0 Å². The van der Waals surface area contributed by atoms with Crippen LogP contribution in [-0.4, -0.2) is 52.6 Å². The largest absolute Gasteiger partial charge is 0.395 e. The van der Waals surface area contributed by atoms with Gasteiger partial charge in [-0.05, 0) is 47.5 Å². The van der Waals surface area contributed by atoms with Crippen molar-refractivity contribution < 1.29 is 29.1 Å². The second-order valence-corrected chi connectivity index (χ2v) is 9.11. The van der Waals surface area contributed by atoms with Crippen LogP contribution in [0.3, 0.4) is 0 Å². The summed E-state index contributed by atoms with van der Waals surface area (Å²) in [6.07, 6.45) is 0. The number of ketones is 1. The predicted molar refractivity (Wildman–Crippen MR) is 133 cm³/mol. The lowest BCUT2D eigenvalue weighted by atomic mass is 9.85. The van der Waals surface area contributed by atoms with Crippen molar-refractivity contribution in [3.05, 3.63) is 100 Å². The minimum absolute atomic E-state index is 0.158. The Balaban J connectivity index is 1.38. The summed E-state index contributed by atoms with van der Waals surface area (Å²) in [5.41, 5.74) is 3.54. The molecule has 1 aliphatic carbocycles. The molecule has 0 bridgehead atoms. The fourth-order valence-corrected chi connectivity index (χ4v) is 5.62. The molecule has 0 saturated carbocycles. The van der Waals surface area contributed by atoms with Crippen molar-refractivity contribution in [2.24, 2.45) is 0 Å². The number of hydrogen-bond acceptors (Lipinski definition) is 6. The van der Waals surface area contributed by atoms with Crippen LogP contribution in [-0.2, 0) is 0 Å². The number of benzene rings is 4. The maximum Gasteiger partial charge on any atom is 0.265 e. The van der Waals surface area contributed by atoms with Crippen LogP contribution in [0.25, 0.3) is 21.9 Å². The number of fused-ring (bicyclic) bond motifs is 3. The molecule has 0 spiro atoms. The third kappa shape index (κ3) is 2.62. The first-order chi connectivity index (χ1) is 17.9. The molecular weight excluding hydrogens is 472 g/mol. The number of β-amino-alcohol motifs (C(OH)–C–C–N with tert-alkyl or cyclic N) is 1. The third-order valence-corrected chi connectivity index (χ3v) is 7.27. The van der Waals surface area contributed by atoms with Crippen molar-refractivity contribution >= 4 is 45.9 Å². The van der Waals surface area contributed by atoms with E-state index in [0.717, 1.165) is 20.9 Å². The van der Waals surface area contributed by atoms with E-state index < -0.39 is 23.6 Å². The minimum Gasteiger partial charge on any atom is -0.395 e. The van der Waals surface area contributed by atoms with Crippen molar-refractivity contribution in [3.8, 4) is 11.1 Å². The summed E-state index contributed by atoms with van der Waals surface area (Å²) in [6.45, 7) is -0.541. The zero-order chi connectivity index (χ0) is 25.6. The molecule has 1 N–H and O–H groups in total. The van der Waals surface area contributed by atoms with E-state index in [2.05, 4.69) is 0 Å². The molecule has 0 fully saturated rings. The number of imide groups is 2. The van der Waals surface area contributed by atoms with E-state index in [9.17, 15) is 29.1 Å². The Labute approximate surface area is 209 Å². The summed E-state index contributed by atoms with van der Waals surface area (Å²) >= 11 is 0. The van der Waals surface area contributed by atoms with Crippen LogP contribution in [0.2, 0.25) is 0 Å². The molecule has 0 radical (unpaired) electrons. The molecule has 37 heavy (non-hydrogen) atoms. The van der Waals surface area contributed by atoms with Gasteiger partial charge >= 0.3 is 0 Å². The van der Waals surface area contributed by atoms with Crippen molar-refractivity contribution in [1.29, 1.82) is 0 Å². The van der Waals surface area contributed by atoms with Gasteiger partial charge in [0, 0.05) is 44.2 Å². The molecule has 4 amide bonds. The molecule has 0 saturated heterocycles. The molecule has 8 heteroatoms. The second-order valence-electron chi connectivity index (χ2n) is 9.11. The van der Waals surface area contributed by atoms with Gasteiger partial charge in [-0.3, -0.25) is 28.9 Å². The highest BCUT2D eigenvalue weighted by Crippen LogP contribution is 2.42. The molecule has 8 nitrogen and oxygen atoms in total. The molecule has 4 aromatic carbocycles. The number of carbonyl (C=O) groups excluding carboxylic acids is 5. The molecule has 7 rings (SSSR count). The number of rotatable bonds is 3. The highest BCUT2D eigenvalue weighted by atomic mass is 16.3. The Morgan fingerprint density at radius 2 is 1.03 bits per heavy atom. The standard InChI is InChI=1S/C29H16N2O6/c32-12-11-30-26(34)18-7-9-20-24-21(10-8-19(23(18)24)27(30)35)29(37)31(28(20)36)14-5-6-16-15-3-1-2-4-17(15)25(33)22(16)13-14/h1-10,13,32H,11-12H2. The lowest BCUT2D eigenvalue weighted by Gasteiger charge is -2.31. The Morgan fingerprint density at radius 1 is 0.541 bits per heavy atom. The van der Waals surface area contributed by atoms with Crippen molar-refractivity contribution in [3.63, 3.8) is 0 Å². The third-order valence-electron chi connectivity index (χ3n) is 7.27. The van der Waals surface area contributed by atoms with E-state index in [1.165, 1.54) is 24.3 Å². The minimum atomic E-state index is -0.609. The summed E-state index contributed by atoms with van der Waals surface area (Å²) in [5.74, 6) is -2.57.